The molecule has 0 saturated carbocycles. The molecule has 0 radical (unpaired) electrons. The second-order valence-corrected chi connectivity index (χ2v) is 8.49. The number of nitrogens with two attached hydrogens (primary N) is 2. The van der Waals surface area contributed by atoms with Crippen LogP contribution in [-0.2, 0) is 0 Å². The zero-order valence-electron chi connectivity index (χ0n) is 20.1. The molecule has 0 aromatic heterocycles. The minimum Gasteiger partial charge on any atom is -0.370 e. The minimum atomic E-state index is 0.193. The fraction of sp³-hybridized carbons (Fsp3) is 0.769. The van der Waals surface area contributed by atoms with Crippen molar-refractivity contribution in [2.24, 2.45) is 21.5 Å². The van der Waals surface area contributed by atoms with Crippen LogP contribution in [0.25, 0.3) is 0 Å². The maximum Gasteiger partial charge on any atom is 0.185 e. The van der Waals surface area contributed by atoms with E-state index in [9.17, 15) is 0 Å². The van der Waals surface area contributed by atoms with Gasteiger partial charge in [-0.25, -0.2) is 0 Å². The average Bonchev–Trinajstić information content (AvgIpc) is 2.77. The second kappa shape index (κ2) is 20.0. The smallest absolute Gasteiger partial charge is 0.185 e. The van der Waals surface area contributed by atoms with E-state index in [0.29, 0.717) is 0 Å². The number of allylic oxidation sites excluding steroid dienone is 2. The van der Waals surface area contributed by atoms with E-state index in [1.54, 1.807) is 0 Å². The molecule has 0 aliphatic carbocycles. The quantitative estimate of drug-likeness (QED) is 0.140. The molecule has 1 rings (SSSR count). The van der Waals surface area contributed by atoms with Crippen molar-refractivity contribution in [1.29, 1.82) is 0 Å². The van der Waals surface area contributed by atoms with Gasteiger partial charge in [0.05, 0.1) is 5.84 Å². The van der Waals surface area contributed by atoms with Crippen molar-refractivity contribution in [2.75, 3.05) is 26.2 Å². The summed E-state index contributed by atoms with van der Waals surface area (Å²) in [6, 6.07) is 0. The van der Waals surface area contributed by atoms with Gasteiger partial charge < -0.3 is 16.4 Å². The van der Waals surface area contributed by atoms with Gasteiger partial charge >= 0.3 is 0 Å². The van der Waals surface area contributed by atoms with E-state index in [1.807, 2.05) is 6.08 Å². The van der Waals surface area contributed by atoms with Crippen molar-refractivity contribution in [3.8, 4) is 11.8 Å². The van der Waals surface area contributed by atoms with Gasteiger partial charge in [-0.3, -0.25) is 9.98 Å². The van der Waals surface area contributed by atoms with Gasteiger partial charge in [-0.15, -0.1) is 0 Å². The molecule has 0 aromatic rings. The molecule has 5 nitrogen and oxygen atoms in total. The molecule has 0 aromatic carbocycles. The van der Waals surface area contributed by atoms with Crippen LogP contribution in [0.4, 0.5) is 0 Å². The van der Waals surface area contributed by atoms with Gasteiger partial charge in [-0.05, 0) is 51.0 Å². The number of rotatable bonds is 17. The molecule has 0 atom stereocenters. The van der Waals surface area contributed by atoms with Crippen molar-refractivity contribution in [2.45, 2.75) is 103 Å². The first-order chi connectivity index (χ1) is 15.2. The molecule has 0 spiro atoms. The summed E-state index contributed by atoms with van der Waals surface area (Å²) in [4.78, 5) is 11.3. The topological polar surface area (TPSA) is 80.0 Å². The van der Waals surface area contributed by atoms with Crippen molar-refractivity contribution in [3.05, 3.63) is 12.2 Å². The molecule has 4 N–H and O–H groups in total. The van der Waals surface area contributed by atoms with E-state index in [4.69, 9.17) is 16.5 Å². The number of nitrogens with zero attached hydrogens (tertiary/aromatic N) is 3. The molecule has 0 fully saturated rings. The maximum atomic E-state index is 5.38. The van der Waals surface area contributed by atoms with Gasteiger partial charge in [0.1, 0.15) is 0 Å². The molecule has 0 amide bonds. The lowest BCUT2D eigenvalue weighted by molar-refractivity contribution is 0.373. The summed E-state index contributed by atoms with van der Waals surface area (Å²) in [5, 5.41) is 0. The third-order valence-electron chi connectivity index (χ3n) is 5.61. The van der Waals surface area contributed by atoms with Gasteiger partial charge in [0.2, 0.25) is 0 Å². The summed E-state index contributed by atoms with van der Waals surface area (Å²) in [7, 11) is 0. The first-order valence-corrected chi connectivity index (χ1v) is 12.7. The molecule has 1 heterocycles. The third kappa shape index (κ3) is 16.4. The zero-order chi connectivity index (χ0) is 22.4. The van der Waals surface area contributed by atoms with Gasteiger partial charge in [0.15, 0.2) is 5.96 Å². The molecule has 1 aliphatic rings. The van der Waals surface area contributed by atoms with Crippen LogP contribution in [0.1, 0.15) is 103 Å². The first-order valence-electron chi connectivity index (χ1n) is 12.7. The van der Waals surface area contributed by atoms with Crippen molar-refractivity contribution in [3.63, 3.8) is 0 Å². The zero-order valence-corrected chi connectivity index (χ0v) is 20.1. The lowest BCUT2D eigenvalue weighted by Gasteiger charge is -2.29. The summed E-state index contributed by atoms with van der Waals surface area (Å²) in [6.07, 6.45) is 22.6. The highest BCUT2D eigenvalue weighted by Crippen LogP contribution is 2.13. The normalized spacial score (nSPS) is 13.7. The number of amidine groups is 1. The van der Waals surface area contributed by atoms with Gasteiger partial charge in [-0.2, -0.15) is 0 Å². The van der Waals surface area contributed by atoms with Crippen LogP contribution in [0.5, 0.6) is 0 Å². The number of unbranched alkanes of at least 4 members (excludes halogenated alkanes) is 10. The van der Waals surface area contributed by atoms with Crippen molar-refractivity contribution in [1.82, 2.24) is 4.90 Å². The fourth-order valence-corrected chi connectivity index (χ4v) is 3.79. The molecule has 1 aliphatic heterocycles. The largest absolute Gasteiger partial charge is 0.370 e. The average molecular weight is 430 g/mol. The monoisotopic (exact) mass is 429 g/mol. The van der Waals surface area contributed by atoms with Crippen LogP contribution in [-0.4, -0.2) is 42.9 Å². The Bertz CT molecular complexity index is 578. The molecule has 31 heavy (non-hydrogen) atoms. The van der Waals surface area contributed by atoms with Crippen LogP contribution in [0.15, 0.2) is 22.1 Å². The lowest BCUT2D eigenvalue weighted by Crippen LogP contribution is -2.36. The molecule has 0 unspecified atom stereocenters. The van der Waals surface area contributed by atoms with Crippen LogP contribution >= 0.6 is 0 Å². The molecular weight excluding hydrogens is 382 g/mol. The van der Waals surface area contributed by atoms with E-state index in [0.717, 1.165) is 58.3 Å². The number of hydrogen-bond acceptors (Lipinski definition) is 3. The Morgan fingerprint density at radius 1 is 1.03 bits per heavy atom. The van der Waals surface area contributed by atoms with Gasteiger partial charge in [0.25, 0.3) is 0 Å². The van der Waals surface area contributed by atoms with E-state index in [2.05, 4.69) is 34.7 Å². The maximum absolute atomic E-state index is 5.38. The molecular formula is C26H47N5. The fourth-order valence-electron chi connectivity index (χ4n) is 3.79. The highest BCUT2D eigenvalue weighted by atomic mass is 15.2. The van der Waals surface area contributed by atoms with Gasteiger partial charge in [0, 0.05) is 39.0 Å². The van der Waals surface area contributed by atoms with Crippen LogP contribution in [0.2, 0.25) is 0 Å². The van der Waals surface area contributed by atoms with Crippen LogP contribution in [0, 0.1) is 11.8 Å². The SMILES string of the molecule is CCCCCCC#CC=CCCCCCCCC1=NCCCN1CCCCN=C(N)N. The predicted molar refractivity (Wildman–Crippen MR) is 136 cm³/mol. The standard InChI is InChI=1S/C26H47N5/c1-2-3-4-5-6-7-8-9-10-11-12-13-14-15-16-20-25-29-22-19-24-31(25)23-18-17-21-30-26(27)28/h9-10H,2-6,11-24H2,1H3,(H4,27,28,30). The Labute approximate surface area is 191 Å². The number of aliphatic imine (C=N–C) groups is 2. The summed E-state index contributed by atoms with van der Waals surface area (Å²) in [6.45, 7) is 6.19. The molecule has 5 heteroatoms. The van der Waals surface area contributed by atoms with E-state index >= 15 is 0 Å². The molecule has 176 valence electrons. The highest BCUT2D eigenvalue weighted by Gasteiger charge is 2.14. The van der Waals surface area contributed by atoms with Crippen LogP contribution in [0.3, 0.4) is 0 Å². The van der Waals surface area contributed by atoms with E-state index in [1.165, 1.54) is 70.0 Å². The van der Waals surface area contributed by atoms with Crippen molar-refractivity contribution < 1.29 is 0 Å². The molecule has 0 saturated heterocycles. The summed E-state index contributed by atoms with van der Waals surface area (Å²) >= 11 is 0. The summed E-state index contributed by atoms with van der Waals surface area (Å²) in [5.74, 6) is 7.94. The highest BCUT2D eigenvalue weighted by molar-refractivity contribution is 5.82. The Morgan fingerprint density at radius 2 is 1.84 bits per heavy atom. The lowest BCUT2D eigenvalue weighted by atomic mass is 10.1. The molecule has 0 bridgehead atoms. The van der Waals surface area contributed by atoms with E-state index in [-0.39, 0.29) is 5.96 Å². The summed E-state index contributed by atoms with van der Waals surface area (Å²) in [5.41, 5.74) is 10.8. The minimum absolute atomic E-state index is 0.193. The third-order valence-corrected chi connectivity index (χ3v) is 5.61. The Morgan fingerprint density at radius 3 is 2.68 bits per heavy atom. The Kier molecular flexibility index (Phi) is 17.4. The number of hydrogen-bond donors (Lipinski definition) is 2. The van der Waals surface area contributed by atoms with Crippen LogP contribution < -0.4 is 11.5 Å². The first kappa shape index (κ1) is 27.1. The van der Waals surface area contributed by atoms with Crippen molar-refractivity contribution >= 4 is 11.8 Å². The predicted octanol–water partition coefficient (Wildman–Crippen LogP) is 5.40. The Balaban J connectivity index is 2.02. The second-order valence-electron chi connectivity index (χ2n) is 8.49. The van der Waals surface area contributed by atoms with Gasteiger partial charge in [-0.1, -0.05) is 63.4 Å². The Hall–Kier alpha value is -1.96. The summed E-state index contributed by atoms with van der Waals surface area (Å²) < 4.78 is 0. The van der Waals surface area contributed by atoms with E-state index < -0.39 is 0 Å². The number of guanidine groups is 1.